The maximum atomic E-state index is 11.1. The lowest BCUT2D eigenvalue weighted by Crippen LogP contribution is -2.56. The molecule has 2 atom stereocenters. The normalized spacial score (nSPS) is 32.1. The number of hydrogen-bond donors (Lipinski definition) is 1. The van der Waals surface area contributed by atoms with Crippen molar-refractivity contribution in [1.29, 1.82) is 0 Å². The fourth-order valence-electron chi connectivity index (χ4n) is 1.50. The smallest absolute Gasteiger partial charge is 0.219 e. The Morgan fingerprint density at radius 2 is 2.18 bits per heavy atom. The summed E-state index contributed by atoms with van der Waals surface area (Å²) in [6.07, 6.45) is 0. The van der Waals surface area contributed by atoms with E-state index in [1.165, 1.54) is 0 Å². The van der Waals surface area contributed by atoms with Crippen molar-refractivity contribution in [3.63, 3.8) is 0 Å². The van der Waals surface area contributed by atoms with Crippen LogP contribution < -0.4 is 5.32 Å². The zero-order valence-electron chi connectivity index (χ0n) is 7.42. The molecule has 0 aromatic rings. The predicted molar refractivity (Wildman–Crippen MR) is 44.3 cm³/mol. The van der Waals surface area contributed by atoms with Crippen LogP contribution in [0.2, 0.25) is 0 Å². The summed E-state index contributed by atoms with van der Waals surface area (Å²) < 4.78 is 0. The van der Waals surface area contributed by atoms with Crippen molar-refractivity contribution in [2.24, 2.45) is 0 Å². The second-order valence-electron chi connectivity index (χ2n) is 3.20. The summed E-state index contributed by atoms with van der Waals surface area (Å²) in [5, 5.41) is 3.32. The average molecular weight is 156 g/mol. The molecule has 0 aliphatic carbocycles. The van der Waals surface area contributed by atoms with Crippen molar-refractivity contribution >= 4 is 5.91 Å². The second kappa shape index (κ2) is 3.22. The minimum absolute atomic E-state index is 0.186. The van der Waals surface area contributed by atoms with Gasteiger partial charge in [0.25, 0.3) is 0 Å². The summed E-state index contributed by atoms with van der Waals surface area (Å²) in [7, 11) is 0. The van der Waals surface area contributed by atoms with Crippen molar-refractivity contribution in [3.8, 4) is 0 Å². The Kier molecular flexibility index (Phi) is 2.49. The Hall–Kier alpha value is -0.570. The summed E-state index contributed by atoms with van der Waals surface area (Å²) in [6.45, 7) is 7.60. The molecule has 0 spiro atoms. The van der Waals surface area contributed by atoms with Gasteiger partial charge in [0, 0.05) is 32.1 Å². The molecule has 3 nitrogen and oxygen atoms in total. The SMILES string of the molecule is CC(=O)N1CCN[C@@H](C)[C@H]1C. The minimum atomic E-state index is 0.186. The molecular weight excluding hydrogens is 140 g/mol. The molecule has 1 amide bonds. The lowest BCUT2D eigenvalue weighted by molar-refractivity contribution is -0.132. The van der Waals surface area contributed by atoms with E-state index in [1.807, 2.05) is 4.90 Å². The fourth-order valence-corrected chi connectivity index (χ4v) is 1.50. The van der Waals surface area contributed by atoms with Gasteiger partial charge in [-0.3, -0.25) is 4.79 Å². The number of hydrogen-bond acceptors (Lipinski definition) is 2. The largest absolute Gasteiger partial charge is 0.337 e. The summed E-state index contributed by atoms with van der Waals surface area (Å²) in [4.78, 5) is 13.0. The predicted octanol–water partition coefficient (Wildman–Crippen LogP) is 0.215. The van der Waals surface area contributed by atoms with Crippen LogP contribution in [-0.2, 0) is 4.79 Å². The van der Waals surface area contributed by atoms with E-state index in [0.29, 0.717) is 12.1 Å². The van der Waals surface area contributed by atoms with Gasteiger partial charge in [0.1, 0.15) is 0 Å². The van der Waals surface area contributed by atoms with Crippen molar-refractivity contribution in [2.45, 2.75) is 32.9 Å². The number of rotatable bonds is 0. The first kappa shape index (κ1) is 8.53. The summed E-state index contributed by atoms with van der Waals surface area (Å²) >= 11 is 0. The molecule has 11 heavy (non-hydrogen) atoms. The molecule has 0 unspecified atom stereocenters. The van der Waals surface area contributed by atoms with E-state index >= 15 is 0 Å². The van der Waals surface area contributed by atoms with Gasteiger partial charge >= 0.3 is 0 Å². The first-order valence-corrected chi connectivity index (χ1v) is 4.13. The molecular formula is C8H16N2O. The van der Waals surface area contributed by atoms with Gasteiger partial charge in [-0.25, -0.2) is 0 Å². The van der Waals surface area contributed by atoms with E-state index in [0.717, 1.165) is 13.1 Å². The molecule has 1 saturated heterocycles. The van der Waals surface area contributed by atoms with Gasteiger partial charge in [0.05, 0.1) is 0 Å². The highest BCUT2D eigenvalue weighted by molar-refractivity contribution is 5.73. The van der Waals surface area contributed by atoms with Gasteiger partial charge in [0.2, 0.25) is 5.91 Å². The molecule has 1 aliphatic heterocycles. The van der Waals surface area contributed by atoms with Gasteiger partial charge in [0.15, 0.2) is 0 Å². The highest BCUT2D eigenvalue weighted by atomic mass is 16.2. The van der Waals surface area contributed by atoms with Crippen LogP contribution in [0.1, 0.15) is 20.8 Å². The Labute approximate surface area is 67.8 Å². The highest BCUT2D eigenvalue weighted by Gasteiger charge is 2.25. The van der Waals surface area contributed by atoms with Crippen LogP contribution in [0.25, 0.3) is 0 Å². The Bertz CT molecular complexity index is 158. The minimum Gasteiger partial charge on any atom is -0.337 e. The molecule has 0 radical (unpaired) electrons. The van der Waals surface area contributed by atoms with Gasteiger partial charge in [-0.15, -0.1) is 0 Å². The first-order chi connectivity index (χ1) is 5.13. The Morgan fingerprint density at radius 3 is 2.64 bits per heavy atom. The van der Waals surface area contributed by atoms with E-state index in [9.17, 15) is 4.79 Å². The Morgan fingerprint density at radius 1 is 1.55 bits per heavy atom. The third-order valence-corrected chi connectivity index (χ3v) is 2.44. The van der Waals surface area contributed by atoms with Crippen LogP contribution in [0, 0.1) is 0 Å². The molecule has 1 rings (SSSR count). The zero-order chi connectivity index (χ0) is 8.43. The van der Waals surface area contributed by atoms with Gasteiger partial charge in [-0.05, 0) is 13.8 Å². The number of piperazine rings is 1. The number of carbonyl (C=O) groups excluding carboxylic acids is 1. The molecule has 1 heterocycles. The van der Waals surface area contributed by atoms with Crippen LogP contribution in [0.15, 0.2) is 0 Å². The lowest BCUT2D eigenvalue weighted by Gasteiger charge is -2.37. The van der Waals surface area contributed by atoms with Crippen LogP contribution in [0.4, 0.5) is 0 Å². The quantitative estimate of drug-likeness (QED) is 0.544. The summed E-state index contributed by atoms with van der Waals surface area (Å²) in [6, 6.07) is 0.758. The zero-order valence-corrected chi connectivity index (χ0v) is 7.42. The third kappa shape index (κ3) is 1.71. The van der Waals surface area contributed by atoms with Gasteiger partial charge in [-0.2, -0.15) is 0 Å². The maximum absolute atomic E-state index is 11.1. The van der Waals surface area contributed by atoms with Gasteiger partial charge in [-0.1, -0.05) is 0 Å². The molecule has 64 valence electrons. The fraction of sp³-hybridized carbons (Fsp3) is 0.875. The second-order valence-corrected chi connectivity index (χ2v) is 3.20. The van der Waals surface area contributed by atoms with Gasteiger partial charge < -0.3 is 10.2 Å². The van der Waals surface area contributed by atoms with Crippen LogP contribution >= 0.6 is 0 Å². The number of nitrogens with zero attached hydrogens (tertiary/aromatic N) is 1. The topological polar surface area (TPSA) is 32.3 Å². The molecule has 0 bridgehead atoms. The van der Waals surface area contributed by atoms with Crippen LogP contribution in [0.3, 0.4) is 0 Å². The molecule has 0 aromatic carbocycles. The van der Waals surface area contributed by atoms with Crippen molar-refractivity contribution < 1.29 is 4.79 Å². The maximum Gasteiger partial charge on any atom is 0.219 e. The van der Waals surface area contributed by atoms with Crippen molar-refractivity contribution in [1.82, 2.24) is 10.2 Å². The van der Waals surface area contributed by atoms with Crippen molar-refractivity contribution in [3.05, 3.63) is 0 Å². The van der Waals surface area contributed by atoms with Crippen molar-refractivity contribution in [2.75, 3.05) is 13.1 Å². The molecule has 0 saturated carbocycles. The summed E-state index contributed by atoms with van der Waals surface area (Å²) in [5.41, 5.74) is 0. The Balaban J connectivity index is 2.58. The average Bonchev–Trinajstić information content (AvgIpc) is 1.94. The number of nitrogens with one attached hydrogen (secondary N) is 1. The monoisotopic (exact) mass is 156 g/mol. The van der Waals surface area contributed by atoms with Crippen LogP contribution in [-0.4, -0.2) is 36.0 Å². The highest BCUT2D eigenvalue weighted by Crippen LogP contribution is 2.08. The van der Waals surface area contributed by atoms with E-state index in [1.54, 1.807) is 6.92 Å². The first-order valence-electron chi connectivity index (χ1n) is 4.13. The van der Waals surface area contributed by atoms with Crippen LogP contribution in [0.5, 0.6) is 0 Å². The van der Waals surface area contributed by atoms with E-state index in [2.05, 4.69) is 19.2 Å². The number of carbonyl (C=O) groups is 1. The third-order valence-electron chi connectivity index (χ3n) is 2.44. The van der Waals surface area contributed by atoms with E-state index in [-0.39, 0.29) is 5.91 Å². The molecule has 1 N–H and O–H groups in total. The molecule has 3 heteroatoms. The van der Waals surface area contributed by atoms with E-state index in [4.69, 9.17) is 0 Å². The van der Waals surface area contributed by atoms with E-state index < -0.39 is 0 Å². The molecule has 1 aliphatic rings. The molecule has 0 aromatic heterocycles. The number of amides is 1. The standard InChI is InChI=1S/C8H16N2O/c1-6-7(2)10(8(3)11)5-4-9-6/h6-7,9H,4-5H2,1-3H3/t6-,7+/m0/s1. The lowest BCUT2D eigenvalue weighted by atomic mass is 10.1. The molecule has 1 fully saturated rings. The summed E-state index contributed by atoms with van der Waals surface area (Å²) in [5.74, 6) is 0.186.